The summed E-state index contributed by atoms with van der Waals surface area (Å²) in [6.07, 6.45) is 77.7. The van der Waals surface area contributed by atoms with E-state index in [2.05, 4.69) is 142 Å². The summed E-state index contributed by atoms with van der Waals surface area (Å²) in [5.41, 5.74) is 0. The van der Waals surface area contributed by atoms with Gasteiger partial charge in [0.2, 0.25) is 0 Å². The number of carbonyl (C=O) groups is 3. The molecule has 6 heteroatoms. The topological polar surface area (TPSA) is 78.9 Å². The van der Waals surface area contributed by atoms with Gasteiger partial charge >= 0.3 is 17.9 Å². The number of esters is 3. The number of hydrogen-bond donors (Lipinski definition) is 0. The molecule has 0 amide bonds. The van der Waals surface area contributed by atoms with E-state index in [0.29, 0.717) is 19.3 Å². The monoisotopic (exact) mass is 955 g/mol. The van der Waals surface area contributed by atoms with Crippen molar-refractivity contribution in [1.29, 1.82) is 0 Å². The number of ether oxygens (including phenoxy) is 3. The first-order valence-electron chi connectivity index (χ1n) is 28.0. The van der Waals surface area contributed by atoms with Gasteiger partial charge in [-0.3, -0.25) is 14.4 Å². The summed E-state index contributed by atoms with van der Waals surface area (Å²) in [5, 5.41) is 0. The van der Waals surface area contributed by atoms with Crippen molar-refractivity contribution >= 4 is 17.9 Å². The lowest BCUT2D eigenvalue weighted by molar-refractivity contribution is -0.167. The van der Waals surface area contributed by atoms with Crippen molar-refractivity contribution in [2.75, 3.05) is 13.2 Å². The Hall–Kier alpha value is -4.19. The molecule has 0 aromatic rings. The second-order valence-electron chi connectivity index (χ2n) is 18.1. The summed E-state index contributed by atoms with van der Waals surface area (Å²) >= 11 is 0. The zero-order chi connectivity index (χ0) is 50.0. The highest BCUT2D eigenvalue weighted by Gasteiger charge is 2.19. The van der Waals surface area contributed by atoms with Gasteiger partial charge in [0.05, 0.1) is 0 Å². The molecule has 1 atom stereocenters. The molecule has 390 valence electrons. The summed E-state index contributed by atoms with van der Waals surface area (Å²) in [4.78, 5) is 37.9. The third kappa shape index (κ3) is 54.6. The van der Waals surface area contributed by atoms with Crippen LogP contribution in [0.3, 0.4) is 0 Å². The summed E-state index contributed by atoms with van der Waals surface area (Å²) in [5.74, 6) is -0.978. The van der Waals surface area contributed by atoms with Crippen LogP contribution in [0, 0.1) is 0 Å². The molecule has 0 rings (SSSR count). The van der Waals surface area contributed by atoms with Gasteiger partial charge in [0, 0.05) is 19.3 Å². The van der Waals surface area contributed by atoms with Gasteiger partial charge in [0.1, 0.15) is 13.2 Å². The van der Waals surface area contributed by atoms with Crippen molar-refractivity contribution in [3.05, 3.63) is 122 Å². The Balaban J connectivity index is 4.36. The molecule has 0 N–H and O–H groups in total. The lowest BCUT2D eigenvalue weighted by Crippen LogP contribution is -2.30. The van der Waals surface area contributed by atoms with Gasteiger partial charge in [0.25, 0.3) is 0 Å². The summed E-state index contributed by atoms with van der Waals surface area (Å²) < 4.78 is 16.7. The maximum atomic E-state index is 12.8. The van der Waals surface area contributed by atoms with E-state index in [9.17, 15) is 14.4 Å². The van der Waals surface area contributed by atoms with E-state index in [1.54, 1.807) is 0 Å². The van der Waals surface area contributed by atoms with E-state index in [0.717, 1.165) is 116 Å². The minimum atomic E-state index is -0.805. The fourth-order valence-electron chi connectivity index (χ4n) is 7.26. The van der Waals surface area contributed by atoms with Crippen LogP contribution < -0.4 is 0 Å². The number of carbonyl (C=O) groups excluding carboxylic acids is 3. The molecule has 0 heterocycles. The minimum absolute atomic E-state index is 0.100. The Kier molecular flexibility index (Phi) is 53.0. The maximum absolute atomic E-state index is 12.8. The van der Waals surface area contributed by atoms with Crippen LogP contribution >= 0.6 is 0 Å². The van der Waals surface area contributed by atoms with Crippen molar-refractivity contribution in [2.45, 2.75) is 245 Å². The Bertz CT molecular complexity index is 1470. The molecule has 0 aliphatic heterocycles. The first-order chi connectivity index (χ1) is 34.0. The van der Waals surface area contributed by atoms with Crippen molar-refractivity contribution < 1.29 is 28.6 Å². The van der Waals surface area contributed by atoms with Gasteiger partial charge in [0.15, 0.2) is 6.10 Å². The van der Waals surface area contributed by atoms with Crippen molar-refractivity contribution in [3.63, 3.8) is 0 Å². The lowest BCUT2D eigenvalue weighted by Gasteiger charge is -2.18. The van der Waals surface area contributed by atoms with E-state index in [4.69, 9.17) is 14.2 Å². The molecule has 0 saturated carbocycles. The Morgan fingerprint density at radius 3 is 0.986 bits per heavy atom. The third-order valence-electron chi connectivity index (χ3n) is 11.5. The highest BCUT2D eigenvalue weighted by molar-refractivity contribution is 5.71. The van der Waals surface area contributed by atoms with Crippen LogP contribution in [0.4, 0.5) is 0 Å². The first kappa shape index (κ1) is 64.8. The van der Waals surface area contributed by atoms with E-state index >= 15 is 0 Å². The maximum Gasteiger partial charge on any atom is 0.306 e. The first-order valence-corrected chi connectivity index (χ1v) is 28.0. The van der Waals surface area contributed by atoms with Crippen LogP contribution in [0.15, 0.2) is 122 Å². The van der Waals surface area contributed by atoms with Crippen molar-refractivity contribution in [3.8, 4) is 0 Å². The molecule has 0 bridgehead atoms. The molecule has 0 aromatic heterocycles. The smallest absolute Gasteiger partial charge is 0.306 e. The number of hydrogen-bond acceptors (Lipinski definition) is 6. The summed E-state index contributed by atoms with van der Waals surface area (Å²) in [7, 11) is 0. The Morgan fingerprint density at radius 1 is 0.304 bits per heavy atom. The van der Waals surface area contributed by atoms with Gasteiger partial charge in [-0.05, 0) is 109 Å². The second kappa shape index (κ2) is 56.4. The van der Waals surface area contributed by atoms with Crippen LogP contribution in [0.25, 0.3) is 0 Å². The van der Waals surface area contributed by atoms with Crippen LogP contribution in [0.5, 0.6) is 0 Å². The highest BCUT2D eigenvalue weighted by Crippen LogP contribution is 2.14. The molecule has 0 spiro atoms. The number of unbranched alkanes of at least 4 members (excludes halogenated alkanes) is 18. The van der Waals surface area contributed by atoms with Crippen molar-refractivity contribution in [2.24, 2.45) is 0 Å². The predicted octanol–water partition coefficient (Wildman–Crippen LogP) is 18.9. The lowest BCUT2D eigenvalue weighted by atomic mass is 10.1. The second-order valence-corrected chi connectivity index (χ2v) is 18.1. The molecule has 0 radical (unpaired) electrons. The molecule has 0 fully saturated rings. The van der Waals surface area contributed by atoms with Gasteiger partial charge in [-0.1, -0.05) is 232 Å². The summed E-state index contributed by atoms with van der Waals surface area (Å²) in [6, 6.07) is 0. The van der Waals surface area contributed by atoms with Gasteiger partial charge in [-0.15, -0.1) is 0 Å². The van der Waals surface area contributed by atoms with Crippen LogP contribution in [0.2, 0.25) is 0 Å². The molecular weight excluding hydrogens is 853 g/mol. The Labute approximate surface area is 424 Å². The van der Waals surface area contributed by atoms with Crippen LogP contribution in [-0.2, 0) is 28.6 Å². The Morgan fingerprint density at radius 2 is 0.580 bits per heavy atom. The molecule has 1 unspecified atom stereocenters. The van der Waals surface area contributed by atoms with Crippen LogP contribution in [-0.4, -0.2) is 37.2 Å². The fraction of sp³-hybridized carbons (Fsp3) is 0.635. The summed E-state index contributed by atoms with van der Waals surface area (Å²) in [6.45, 7) is 6.42. The minimum Gasteiger partial charge on any atom is -0.462 e. The normalized spacial score (nSPS) is 13.0. The number of rotatable bonds is 49. The quantitative estimate of drug-likeness (QED) is 0.0262. The molecule has 6 nitrogen and oxygen atoms in total. The molecule has 69 heavy (non-hydrogen) atoms. The zero-order valence-corrected chi connectivity index (χ0v) is 44.5. The van der Waals surface area contributed by atoms with E-state index < -0.39 is 6.10 Å². The third-order valence-corrected chi connectivity index (χ3v) is 11.5. The molecular formula is C63H102O6. The van der Waals surface area contributed by atoms with Gasteiger partial charge in [-0.2, -0.15) is 0 Å². The van der Waals surface area contributed by atoms with E-state index in [1.807, 2.05) is 0 Å². The van der Waals surface area contributed by atoms with Crippen molar-refractivity contribution in [1.82, 2.24) is 0 Å². The molecule has 0 saturated heterocycles. The SMILES string of the molecule is CC/C=C\C/C=C\C/C=C\C/C=C\C/C=C\C/C=C\C/C=C\C/C=C\C/C=C\CCCC(=O)OCC(COC(=O)CCCCCCCCCCCC)OC(=O)CCCCCCC/C=C\CCCCC. The standard InChI is InChI=1S/C63H102O6/c1-4-7-10-13-16-19-22-24-25-26-27-28-29-30-31-32-33-34-35-36-37-38-39-40-42-44-47-50-53-56-62(65)68-59-60(58-67-61(64)55-52-49-46-43-21-18-15-12-9-6-3)69-63(66)57-54-51-48-45-41-23-20-17-14-11-8-5-2/h7,10,16-17,19-20,24-25,27-28,30-31,33-34,36-37,39-40,44,47,60H,4-6,8-9,11-15,18,21-23,26,29,32,35,38,41-43,45-46,48-59H2,1-3H3/b10-7-,19-16-,20-17-,25-24-,28-27-,31-30-,34-33-,37-36-,40-39-,47-44-. The zero-order valence-electron chi connectivity index (χ0n) is 44.5. The van der Waals surface area contributed by atoms with E-state index in [-0.39, 0.29) is 37.5 Å². The molecule has 0 aliphatic carbocycles. The van der Waals surface area contributed by atoms with Gasteiger partial charge < -0.3 is 14.2 Å². The van der Waals surface area contributed by atoms with Gasteiger partial charge in [-0.25, -0.2) is 0 Å². The fourth-order valence-corrected chi connectivity index (χ4v) is 7.26. The highest BCUT2D eigenvalue weighted by atomic mass is 16.6. The number of allylic oxidation sites excluding steroid dienone is 20. The van der Waals surface area contributed by atoms with Crippen LogP contribution in [0.1, 0.15) is 239 Å². The largest absolute Gasteiger partial charge is 0.462 e. The average Bonchev–Trinajstić information content (AvgIpc) is 3.35. The van der Waals surface area contributed by atoms with E-state index in [1.165, 1.54) is 77.0 Å². The molecule has 0 aromatic carbocycles. The average molecular weight is 956 g/mol. The predicted molar refractivity (Wildman–Crippen MR) is 297 cm³/mol. The molecule has 0 aliphatic rings.